The maximum Gasteiger partial charge on any atom is 0.293 e. The number of aryl methyl sites for hydroxylation is 1. The molecule has 3 heterocycles. The van der Waals surface area contributed by atoms with Crippen molar-refractivity contribution in [1.82, 2.24) is 14.9 Å². The second-order valence-electron chi connectivity index (χ2n) is 7.20. The van der Waals surface area contributed by atoms with Gasteiger partial charge >= 0.3 is 0 Å². The summed E-state index contributed by atoms with van der Waals surface area (Å²) in [7, 11) is 1.72. The predicted octanol–water partition coefficient (Wildman–Crippen LogP) is 1.21. The lowest BCUT2D eigenvalue weighted by molar-refractivity contribution is -0.122. The van der Waals surface area contributed by atoms with Gasteiger partial charge in [0.05, 0.1) is 12.2 Å². The van der Waals surface area contributed by atoms with Crippen LogP contribution in [0.4, 0.5) is 5.82 Å². The molecule has 1 N–H and O–H groups in total. The first-order valence-electron chi connectivity index (χ1n) is 9.24. The third kappa shape index (κ3) is 4.60. The molecule has 1 aromatic rings. The van der Waals surface area contributed by atoms with Crippen LogP contribution in [-0.4, -0.2) is 46.8 Å². The van der Waals surface area contributed by atoms with Gasteiger partial charge in [0.15, 0.2) is 5.82 Å². The molecule has 3 unspecified atom stereocenters. The number of rotatable bonds is 5. The molecule has 7 nitrogen and oxygen atoms in total. The van der Waals surface area contributed by atoms with Gasteiger partial charge in [0.1, 0.15) is 0 Å². The summed E-state index contributed by atoms with van der Waals surface area (Å²) in [5.41, 5.74) is -0.0954. The summed E-state index contributed by atoms with van der Waals surface area (Å²) < 4.78 is 7.30. The Morgan fingerprint density at radius 1 is 1.40 bits per heavy atom. The molecule has 138 valence electrons. The van der Waals surface area contributed by atoms with Gasteiger partial charge in [0.25, 0.3) is 5.56 Å². The SMILES string of the molecule is CC1CCC(CCC(=O)NC2CCCN(c3nccn(C)c3=O)C2)O1. The van der Waals surface area contributed by atoms with E-state index >= 15 is 0 Å². The highest BCUT2D eigenvalue weighted by atomic mass is 16.5. The molecule has 1 amide bonds. The molecule has 3 atom stereocenters. The smallest absolute Gasteiger partial charge is 0.293 e. The number of nitrogens with zero attached hydrogens (tertiary/aromatic N) is 3. The van der Waals surface area contributed by atoms with Crippen LogP contribution in [0, 0.1) is 0 Å². The van der Waals surface area contributed by atoms with E-state index in [1.165, 1.54) is 4.57 Å². The Morgan fingerprint density at radius 2 is 2.24 bits per heavy atom. The molecule has 2 aliphatic rings. The number of ether oxygens (including phenoxy) is 1. The van der Waals surface area contributed by atoms with Crippen LogP contribution < -0.4 is 15.8 Å². The van der Waals surface area contributed by atoms with Crippen molar-refractivity contribution in [3.63, 3.8) is 0 Å². The number of hydrogen-bond donors (Lipinski definition) is 1. The normalized spacial score (nSPS) is 26.6. The molecule has 0 radical (unpaired) electrons. The monoisotopic (exact) mass is 348 g/mol. The topological polar surface area (TPSA) is 76.5 Å². The van der Waals surface area contributed by atoms with Gasteiger partial charge in [0.2, 0.25) is 5.91 Å². The fraction of sp³-hybridized carbons (Fsp3) is 0.722. The molecule has 0 bridgehead atoms. The Morgan fingerprint density at radius 3 is 3.00 bits per heavy atom. The second-order valence-corrected chi connectivity index (χ2v) is 7.20. The Hall–Kier alpha value is -1.89. The molecule has 0 aliphatic carbocycles. The van der Waals surface area contributed by atoms with Crippen LogP contribution in [0.3, 0.4) is 0 Å². The first-order chi connectivity index (χ1) is 12.0. The van der Waals surface area contributed by atoms with Gasteiger partial charge in [-0.3, -0.25) is 9.59 Å². The van der Waals surface area contributed by atoms with Crippen molar-refractivity contribution in [2.24, 2.45) is 7.05 Å². The number of aromatic nitrogens is 2. The van der Waals surface area contributed by atoms with Crippen LogP contribution in [0.15, 0.2) is 17.2 Å². The lowest BCUT2D eigenvalue weighted by Crippen LogP contribution is -2.49. The van der Waals surface area contributed by atoms with Gasteiger partial charge in [-0.2, -0.15) is 0 Å². The fourth-order valence-electron chi connectivity index (χ4n) is 3.68. The third-order valence-corrected chi connectivity index (χ3v) is 5.10. The minimum atomic E-state index is -0.0954. The summed E-state index contributed by atoms with van der Waals surface area (Å²) in [5, 5.41) is 3.12. The minimum absolute atomic E-state index is 0.0661. The van der Waals surface area contributed by atoms with Crippen molar-refractivity contribution in [1.29, 1.82) is 0 Å². The van der Waals surface area contributed by atoms with Gasteiger partial charge in [-0.25, -0.2) is 4.98 Å². The third-order valence-electron chi connectivity index (χ3n) is 5.10. The van der Waals surface area contributed by atoms with Gasteiger partial charge in [0, 0.05) is 45.0 Å². The summed E-state index contributed by atoms with van der Waals surface area (Å²) in [5.74, 6) is 0.543. The highest BCUT2D eigenvalue weighted by Gasteiger charge is 2.26. The molecule has 0 spiro atoms. The molecule has 2 aliphatic heterocycles. The number of nitrogens with one attached hydrogen (secondary N) is 1. The summed E-state index contributed by atoms with van der Waals surface area (Å²) >= 11 is 0. The summed E-state index contributed by atoms with van der Waals surface area (Å²) in [6, 6.07) is 0.0661. The Labute approximate surface area is 148 Å². The number of hydrogen-bond acceptors (Lipinski definition) is 5. The van der Waals surface area contributed by atoms with Crippen LogP contribution in [0.25, 0.3) is 0 Å². The second kappa shape index (κ2) is 7.99. The maximum absolute atomic E-state index is 12.2. The van der Waals surface area contributed by atoms with Gasteiger partial charge in [-0.15, -0.1) is 0 Å². The van der Waals surface area contributed by atoms with E-state index in [9.17, 15) is 9.59 Å². The molecule has 2 fully saturated rings. The zero-order chi connectivity index (χ0) is 17.8. The molecule has 0 saturated carbocycles. The number of piperidine rings is 1. The minimum Gasteiger partial charge on any atom is -0.375 e. The number of carbonyl (C=O) groups excluding carboxylic acids is 1. The van der Waals surface area contributed by atoms with Crippen LogP contribution >= 0.6 is 0 Å². The Kier molecular flexibility index (Phi) is 5.73. The zero-order valence-corrected chi connectivity index (χ0v) is 15.1. The van der Waals surface area contributed by atoms with E-state index in [0.717, 1.165) is 38.6 Å². The molecule has 25 heavy (non-hydrogen) atoms. The number of carbonyl (C=O) groups is 1. The maximum atomic E-state index is 12.2. The Bertz CT molecular complexity index is 660. The average Bonchev–Trinajstić information content (AvgIpc) is 3.01. The van der Waals surface area contributed by atoms with E-state index in [4.69, 9.17) is 4.74 Å². The van der Waals surface area contributed by atoms with E-state index in [1.807, 2.05) is 4.90 Å². The summed E-state index contributed by atoms with van der Waals surface area (Å²) in [4.78, 5) is 30.7. The molecular formula is C18H28N4O3. The average molecular weight is 348 g/mol. The number of anilines is 1. The standard InChI is InChI=1S/C18H28N4O3/c1-13-5-6-15(25-13)7-8-16(23)20-14-4-3-10-22(12-14)17-18(24)21(2)11-9-19-17/h9,11,13-15H,3-8,10,12H2,1-2H3,(H,20,23). The van der Waals surface area contributed by atoms with E-state index in [2.05, 4.69) is 17.2 Å². The van der Waals surface area contributed by atoms with Gasteiger partial charge < -0.3 is 19.5 Å². The van der Waals surface area contributed by atoms with Crippen molar-refractivity contribution in [3.8, 4) is 0 Å². The highest BCUT2D eigenvalue weighted by molar-refractivity contribution is 5.76. The first kappa shape index (κ1) is 17.9. The largest absolute Gasteiger partial charge is 0.375 e. The van der Waals surface area contributed by atoms with Crippen LogP contribution in [0.2, 0.25) is 0 Å². The Balaban J connectivity index is 1.50. The van der Waals surface area contributed by atoms with Crippen molar-refractivity contribution in [3.05, 3.63) is 22.7 Å². The van der Waals surface area contributed by atoms with Crippen LogP contribution in [0.5, 0.6) is 0 Å². The summed E-state index contributed by atoms with van der Waals surface area (Å²) in [6.07, 6.45) is 9.13. The quantitative estimate of drug-likeness (QED) is 0.866. The van der Waals surface area contributed by atoms with Crippen molar-refractivity contribution in [2.75, 3.05) is 18.0 Å². The first-order valence-corrected chi connectivity index (χ1v) is 9.24. The fourth-order valence-corrected chi connectivity index (χ4v) is 3.68. The van der Waals surface area contributed by atoms with Crippen molar-refractivity contribution >= 4 is 11.7 Å². The van der Waals surface area contributed by atoms with Crippen molar-refractivity contribution < 1.29 is 9.53 Å². The summed E-state index contributed by atoms with van der Waals surface area (Å²) in [6.45, 7) is 3.51. The van der Waals surface area contributed by atoms with Crippen molar-refractivity contribution in [2.45, 2.75) is 63.7 Å². The van der Waals surface area contributed by atoms with Gasteiger partial charge in [-0.1, -0.05) is 0 Å². The van der Waals surface area contributed by atoms with E-state index in [-0.39, 0.29) is 23.6 Å². The van der Waals surface area contributed by atoms with E-state index in [1.54, 1.807) is 19.4 Å². The molecule has 7 heteroatoms. The molecule has 1 aromatic heterocycles. The predicted molar refractivity (Wildman–Crippen MR) is 95.7 cm³/mol. The van der Waals surface area contributed by atoms with E-state index in [0.29, 0.717) is 24.9 Å². The molecule has 3 rings (SSSR count). The van der Waals surface area contributed by atoms with Crippen LogP contribution in [-0.2, 0) is 16.6 Å². The molecule has 2 saturated heterocycles. The molecular weight excluding hydrogens is 320 g/mol. The molecule has 0 aromatic carbocycles. The lowest BCUT2D eigenvalue weighted by Gasteiger charge is -2.33. The highest BCUT2D eigenvalue weighted by Crippen LogP contribution is 2.22. The van der Waals surface area contributed by atoms with Gasteiger partial charge in [-0.05, 0) is 39.0 Å². The van der Waals surface area contributed by atoms with E-state index < -0.39 is 0 Å². The van der Waals surface area contributed by atoms with Crippen LogP contribution in [0.1, 0.15) is 45.4 Å². The lowest BCUT2D eigenvalue weighted by atomic mass is 10.0. The number of amides is 1. The zero-order valence-electron chi connectivity index (χ0n) is 15.1.